The van der Waals surface area contributed by atoms with Crippen LogP contribution in [-0.2, 0) is 14.2 Å². The van der Waals surface area contributed by atoms with Crippen molar-refractivity contribution in [3.63, 3.8) is 0 Å². The van der Waals surface area contributed by atoms with Crippen molar-refractivity contribution in [3.8, 4) is 0 Å². The Labute approximate surface area is 252 Å². The van der Waals surface area contributed by atoms with E-state index in [1.165, 1.54) is 12.8 Å². The first-order valence-electron chi connectivity index (χ1n) is 16.9. The predicted octanol–water partition coefficient (Wildman–Crippen LogP) is 3.23. The summed E-state index contributed by atoms with van der Waals surface area (Å²) in [6, 6.07) is 0. The molecule has 5 saturated carbocycles. The number of ether oxygens (including phenoxy) is 3. The van der Waals surface area contributed by atoms with Crippen LogP contribution in [0.2, 0.25) is 0 Å². The average molecular weight is 592 g/mol. The van der Waals surface area contributed by atoms with Crippen LogP contribution in [-0.4, -0.2) is 89.1 Å². The summed E-state index contributed by atoms with van der Waals surface area (Å²) in [5.41, 5.74) is 0.0418. The van der Waals surface area contributed by atoms with Gasteiger partial charge in [0, 0.05) is 12.0 Å². The first-order chi connectivity index (χ1) is 19.6. The van der Waals surface area contributed by atoms with E-state index in [1.54, 1.807) is 0 Å². The topological polar surface area (TPSA) is 121 Å². The first-order valence-corrected chi connectivity index (χ1v) is 16.9. The lowest BCUT2D eigenvalue weighted by Gasteiger charge is -2.64. The van der Waals surface area contributed by atoms with Crippen molar-refractivity contribution < 1.29 is 34.6 Å². The highest BCUT2D eigenvalue weighted by Gasteiger charge is 2.84. The van der Waals surface area contributed by atoms with Gasteiger partial charge in [-0.15, -0.1) is 0 Å². The van der Waals surface area contributed by atoms with Gasteiger partial charge in [0.25, 0.3) is 0 Å². The van der Waals surface area contributed by atoms with Gasteiger partial charge in [0.05, 0.1) is 30.5 Å². The fourth-order valence-electron chi connectivity index (χ4n) is 13.5. The molecule has 0 aromatic heterocycles. The normalized spacial score (nSPS) is 61.4. The summed E-state index contributed by atoms with van der Waals surface area (Å²) in [7, 11) is 1.99. The molecule has 0 aromatic carbocycles. The van der Waals surface area contributed by atoms with Crippen LogP contribution in [0.25, 0.3) is 0 Å². The Morgan fingerprint density at radius 2 is 1.57 bits per heavy atom. The first kappa shape index (κ1) is 30.3. The molecule has 8 heteroatoms. The molecule has 5 aliphatic carbocycles. The SMILES string of the molecule is CNCC1(C)C[C@@H](C)[C@H]2C(O1)[C@H](O)C1(C)C3CC[C@H]4C(C)(C)C(OC5OC[C@@H](O)C(O)[C@H]5O)CCC45CC35CCC21C. The molecule has 2 heterocycles. The zero-order valence-electron chi connectivity index (χ0n) is 26.9. The fourth-order valence-corrected chi connectivity index (χ4v) is 13.5. The van der Waals surface area contributed by atoms with E-state index in [0.29, 0.717) is 23.7 Å². The number of nitrogens with one attached hydrogen (secondary N) is 1. The number of hydrogen-bond acceptors (Lipinski definition) is 8. The number of rotatable bonds is 4. The van der Waals surface area contributed by atoms with Gasteiger partial charge in [-0.3, -0.25) is 0 Å². The van der Waals surface area contributed by atoms with Gasteiger partial charge in [0.15, 0.2) is 6.29 Å². The predicted molar refractivity (Wildman–Crippen MR) is 157 cm³/mol. The molecule has 10 unspecified atom stereocenters. The zero-order valence-corrected chi connectivity index (χ0v) is 26.9. The number of fused-ring (bicyclic) bond motifs is 4. The maximum absolute atomic E-state index is 12.4. The van der Waals surface area contributed by atoms with Gasteiger partial charge in [-0.25, -0.2) is 0 Å². The highest BCUT2D eigenvalue weighted by molar-refractivity contribution is 5.33. The van der Waals surface area contributed by atoms with Crippen molar-refractivity contribution in [2.45, 2.75) is 141 Å². The van der Waals surface area contributed by atoms with Crippen molar-refractivity contribution in [2.24, 2.45) is 50.7 Å². The van der Waals surface area contributed by atoms with Crippen molar-refractivity contribution in [2.75, 3.05) is 20.2 Å². The minimum Gasteiger partial charge on any atom is -0.390 e. The molecule has 0 bridgehead atoms. The number of likely N-dealkylation sites (N-methyl/N-ethyl adjacent to an activating group) is 1. The monoisotopic (exact) mass is 591 g/mol. The molecular weight excluding hydrogens is 534 g/mol. The smallest absolute Gasteiger partial charge is 0.186 e. The largest absolute Gasteiger partial charge is 0.390 e. The number of hydrogen-bond donors (Lipinski definition) is 5. The van der Waals surface area contributed by atoms with E-state index in [0.717, 1.165) is 45.1 Å². The molecule has 0 radical (unpaired) electrons. The van der Waals surface area contributed by atoms with E-state index in [2.05, 4.69) is 46.9 Å². The molecule has 16 atom stereocenters. The third kappa shape index (κ3) is 3.59. The van der Waals surface area contributed by atoms with Gasteiger partial charge in [0.2, 0.25) is 0 Å². The van der Waals surface area contributed by atoms with Crippen LogP contribution < -0.4 is 5.32 Å². The van der Waals surface area contributed by atoms with Crippen molar-refractivity contribution >= 4 is 0 Å². The maximum atomic E-state index is 12.4. The molecule has 2 saturated heterocycles. The molecule has 7 fully saturated rings. The fraction of sp³-hybridized carbons (Fsp3) is 1.00. The Morgan fingerprint density at radius 1 is 0.881 bits per heavy atom. The molecule has 0 amide bonds. The van der Waals surface area contributed by atoms with Crippen LogP contribution >= 0.6 is 0 Å². The molecule has 2 spiro atoms. The summed E-state index contributed by atoms with van der Waals surface area (Å²) >= 11 is 0. The maximum Gasteiger partial charge on any atom is 0.186 e. The summed E-state index contributed by atoms with van der Waals surface area (Å²) in [6.45, 7) is 15.0. The lowest BCUT2D eigenvalue weighted by Crippen LogP contribution is -2.61. The molecule has 2 aliphatic heterocycles. The Hall–Kier alpha value is -0.320. The highest BCUT2D eigenvalue weighted by Crippen LogP contribution is 2.89. The van der Waals surface area contributed by atoms with E-state index in [1.807, 2.05) is 7.05 Å². The quantitative estimate of drug-likeness (QED) is 0.316. The second-order valence-corrected chi connectivity index (χ2v) is 17.3. The second-order valence-electron chi connectivity index (χ2n) is 17.3. The van der Waals surface area contributed by atoms with E-state index in [9.17, 15) is 20.4 Å². The molecule has 7 rings (SSSR count). The van der Waals surface area contributed by atoms with Crippen LogP contribution in [0.15, 0.2) is 0 Å². The van der Waals surface area contributed by atoms with Gasteiger partial charge in [-0.1, -0.05) is 34.6 Å². The molecule has 8 nitrogen and oxygen atoms in total. The van der Waals surface area contributed by atoms with Gasteiger partial charge in [-0.2, -0.15) is 0 Å². The van der Waals surface area contributed by atoms with Crippen molar-refractivity contribution in [1.82, 2.24) is 5.32 Å². The van der Waals surface area contributed by atoms with Gasteiger partial charge < -0.3 is 40.0 Å². The van der Waals surface area contributed by atoms with Crippen LogP contribution in [0.3, 0.4) is 0 Å². The Kier molecular flexibility index (Phi) is 6.77. The number of aliphatic hydroxyl groups is 4. The molecule has 240 valence electrons. The minimum absolute atomic E-state index is 0.0354. The van der Waals surface area contributed by atoms with Crippen molar-refractivity contribution in [1.29, 1.82) is 0 Å². The molecule has 5 N–H and O–H groups in total. The summed E-state index contributed by atoms with van der Waals surface area (Å²) < 4.78 is 19.0. The van der Waals surface area contributed by atoms with E-state index < -0.39 is 30.7 Å². The Bertz CT molecular complexity index is 1090. The zero-order chi connectivity index (χ0) is 30.3. The molecule has 42 heavy (non-hydrogen) atoms. The van der Waals surface area contributed by atoms with E-state index >= 15 is 0 Å². The summed E-state index contributed by atoms with van der Waals surface area (Å²) in [5, 5.41) is 46.5. The minimum atomic E-state index is -1.26. The van der Waals surface area contributed by atoms with Crippen LogP contribution in [0.4, 0.5) is 0 Å². The van der Waals surface area contributed by atoms with Gasteiger partial charge in [-0.05, 0) is 111 Å². The highest BCUT2D eigenvalue weighted by atomic mass is 16.7. The Morgan fingerprint density at radius 3 is 2.29 bits per heavy atom. The summed E-state index contributed by atoms with van der Waals surface area (Å²) in [6.07, 6.45) is 3.73. The van der Waals surface area contributed by atoms with Gasteiger partial charge >= 0.3 is 0 Å². The average Bonchev–Trinajstić information content (AvgIpc) is 3.55. The van der Waals surface area contributed by atoms with Crippen LogP contribution in [0.1, 0.15) is 92.9 Å². The lowest BCUT2D eigenvalue weighted by molar-refractivity contribution is -0.303. The standard InChI is InChI=1S/C34H57NO7/c1-18-14-30(4,17-35-7)42-26-23(18)31(5)12-13-34-16-33(34)11-10-22(41-28-25(38)24(37)19(36)15-40-28)29(2,3)20(33)8-9-21(34)32(31,6)27(26)39/h18-28,35-39H,8-17H2,1-7H3/t18-,19-,20+,21?,22?,23+,24?,25-,26?,27+,28?,30?,31?,32?,33?,34?/m1/s1. The third-order valence-electron chi connectivity index (χ3n) is 15.3. The number of aliphatic hydroxyl groups excluding tert-OH is 4. The summed E-state index contributed by atoms with van der Waals surface area (Å²) in [5.74, 6) is 1.87. The Balaban J connectivity index is 1.16. The van der Waals surface area contributed by atoms with Crippen LogP contribution in [0, 0.1) is 50.7 Å². The molecule has 7 aliphatic rings. The lowest BCUT2D eigenvalue weighted by atomic mass is 9.41. The molecular formula is C34H57NO7. The van der Waals surface area contributed by atoms with E-state index in [4.69, 9.17) is 14.2 Å². The third-order valence-corrected chi connectivity index (χ3v) is 15.3. The summed E-state index contributed by atoms with van der Waals surface area (Å²) in [4.78, 5) is 0. The molecule has 0 aromatic rings. The van der Waals surface area contributed by atoms with E-state index in [-0.39, 0.29) is 51.5 Å². The van der Waals surface area contributed by atoms with Crippen molar-refractivity contribution in [3.05, 3.63) is 0 Å². The second kappa shape index (κ2) is 9.37. The van der Waals surface area contributed by atoms with Crippen LogP contribution in [0.5, 0.6) is 0 Å². The van der Waals surface area contributed by atoms with Gasteiger partial charge in [0.1, 0.15) is 18.3 Å².